The van der Waals surface area contributed by atoms with Crippen LogP contribution in [-0.4, -0.2) is 79.8 Å². The van der Waals surface area contributed by atoms with Gasteiger partial charge in [0.15, 0.2) is 5.75 Å². The Hall–Kier alpha value is -1.19. The van der Waals surface area contributed by atoms with Crippen molar-refractivity contribution in [2.45, 2.75) is 6.92 Å². The lowest BCUT2D eigenvalue weighted by molar-refractivity contribution is -0.140. The predicted molar refractivity (Wildman–Crippen MR) is 66.1 cm³/mol. The molecule has 0 radical (unpaired) electrons. The molecule has 0 amide bonds. The lowest BCUT2D eigenvalue weighted by atomic mass is 10.3. The Morgan fingerprint density at radius 1 is 1.21 bits per heavy atom. The van der Waals surface area contributed by atoms with Gasteiger partial charge in [-0.1, -0.05) is 0 Å². The van der Waals surface area contributed by atoms with Gasteiger partial charge in [-0.3, -0.25) is 14.5 Å². The van der Waals surface area contributed by atoms with Crippen LogP contribution in [0.25, 0.3) is 0 Å². The molecule has 0 spiro atoms. The molecule has 1 rings (SSSR count). The van der Waals surface area contributed by atoms with E-state index in [1.54, 1.807) is 11.8 Å². The van der Waals surface area contributed by atoms with Crippen molar-refractivity contribution in [3.8, 4) is 0 Å². The second kappa shape index (κ2) is 6.83. The summed E-state index contributed by atoms with van der Waals surface area (Å²) in [6, 6.07) is 0. The predicted octanol–water partition coefficient (Wildman–Crippen LogP) is -1.42. The number of ether oxygens (including phenoxy) is 1. The number of carbonyl (C=O) groups excluding carboxylic acids is 1. The van der Waals surface area contributed by atoms with Gasteiger partial charge in [-0.25, -0.2) is 8.42 Å². The first kappa shape index (κ1) is 15.9. The van der Waals surface area contributed by atoms with Crippen LogP contribution in [-0.2, 0) is 24.3 Å². The number of carbonyl (C=O) groups is 2. The molecule has 8 nitrogen and oxygen atoms in total. The van der Waals surface area contributed by atoms with Gasteiger partial charge in [0.1, 0.15) is 0 Å². The molecular weight excluding hydrogens is 276 g/mol. The average molecular weight is 294 g/mol. The molecule has 19 heavy (non-hydrogen) atoms. The summed E-state index contributed by atoms with van der Waals surface area (Å²) < 4.78 is 29.6. The van der Waals surface area contributed by atoms with Crippen LogP contribution in [0.3, 0.4) is 0 Å². The molecule has 1 heterocycles. The van der Waals surface area contributed by atoms with Gasteiger partial charge in [0.05, 0.1) is 13.2 Å². The van der Waals surface area contributed by atoms with Gasteiger partial charge in [0.25, 0.3) is 0 Å². The summed E-state index contributed by atoms with van der Waals surface area (Å²) in [6.45, 7) is 2.70. The third kappa shape index (κ3) is 5.13. The Morgan fingerprint density at radius 3 is 2.26 bits per heavy atom. The Kier molecular flexibility index (Phi) is 5.70. The molecule has 0 bridgehead atoms. The molecule has 110 valence electrons. The maximum atomic E-state index is 11.9. The van der Waals surface area contributed by atoms with Crippen LogP contribution >= 0.6 is 0 Å². The Labute approximate surface area is 112 Å². The Bertz CT molecular complexity index is 427. The van der Waals surface area contributed by atoms with Crippen LogP contribution in [0.4, 0.5) is 0 Å². The average Bonchev–Trinajstić information content (AvgIpc) is 2.28. The van der Waals surface area contributed by atoms with Gasteiger partial charge >= 0.3 is 11.9 Å². The highest BCUT2D eigenvalue weighted by molar-refractivity contribution is 7.89. The molecule has 0 aromatic rings. The maximum absolute atomic E-state index is 11.9. The van der Waals surface area contributed by atoms with Crippen LogP contribution in [0.5, 0.6) is 0 Å². The zero-order chi connectivity index (χ0) is 14.5. The molecule has 1 saturated heterocycles. The van der Waals surface area contributed by atoms with E-state index in [4.69, 9.17) is 5.11 Å². The molecule has 1 fully saturated rings. The van der Waals surface area contributed by atoms with Gasteiger partial charge < -0.3 is 9.84 Å². The number of esters is 1. The van der Waals surface area contributed by atoms with E-state index in [2.05, 4.69) is 4.74 Å². The number of hydrogen-bond acceptors (Lipinski definition) is 6. The fraction of sp³-hybridized carbons (Fsp3) is 0.800. The van der Waals surface area contributed by atoms with Gasteiger partial charge in [-0.2, -0.15) is 4.31 Å². The topological polar surface area (TPSA) is 104 Å². The summed E-state index contributed by atoms with van der Waals surface area (Å²) in [5.41, 5.74) is 0. The minimum atomic E-state index is -3.67. The lowest BCUT2D eigenvalue weighted by Gasteiger charge is -2.32. The molecule has 0 aromatic heterocycles. The Balaban J connectivity index is 2.49. The van der Waals surface area contributed by atoms with Crippen LogP contribution in [0.1, 0.15) is 6.92 Å². The van der Waals surface area contributed by atoms with Crippen molar-refractivity contribution in [2.75, 3.05) is 45.1 Å². The SMILES string of the molecule is CCOC(=O)CS(=O)(=O)N1CCN(CC(=O)O)CC1. The van der Waals surface area contributed by atoms with E-state index >= 15 is 0 Å². The van der Waals surface area contributed by atoms with Gasteiger partial charge in [-0.05, 0) is 6.92 Å². The van der Waals surface area contributed by atoms with Crippen molar-refractivity contribution >= 4 is 22.0 Å². The summed E-state index contributed by atoms with van der Waals surface area (Å²) in [5.74, 6) is -2.38. The van der Waals surface area contributed by atoms with Crippen molar-refractivity contribution in [1.82, 2.24) is 9.21 Å². The van der Waals surface area contributed by atoms with Crippen molar-refractivity contribution in [2.24, 2.45) is 0 Å². The quantitative estimate of drug-likeness (QED) is 0.600. The highest BCUT2D eigenvalue weighted by Crippen LogP contribution is 2.08. The molecule has 0 aromatic carbocycles. The van der Waals surface area contributed by atoms with E-state index in [1.807, 2.05) is 0 Å². The molecule has 1 N–H and O–H groups in total. The van der Waals surface area contributed by atoms with E-state index in [0.29, 0.717) is 13.1 Å². The van der Waals surface area contributed by atoms with Crippen LogP contribution in [0.2, 0.25) is 0 Å². The van der Waals surface area contributed by atoms with Crippen LogP contribution in [0, 0.1) is 0 Å². The summed E-state index contributed by atoms with van der Waals surface area (Å²) in [6.07, 6.45) is 0. The van der Waals surface area contributed by atoms with E-state index < -0.39 is 27.7 Å². The molecule has 9 heteroatoms. The second-order valence-electron chi connectivity index (χ2n) is 4.13. The maximum Gasteiger partial charge on any atom is 0.322 e. The number of piperazine rings is 1. The van der Waals surface area contributed by atoms with Crippen LogP contribution in [0.15, 0.2) is 0 Å². The summed E-state index contributed by atoms with van der Waals surface area (Å²) >= 11 is 0. The lowest BCUT2D eigenvalue weighted by Crippen LogP contribution is -2.50. The normalized spacial score (nSPS) is 18.2. The number of carboxylic acids is 1. The molecule has 0 atom stereocenters. The van der Waals surface area contributed by atoms with E-state index in [0.717, 1.165) is 0 Å². The summed E-state index contributed by atoms with van der Waals surface area (Å²) in [5, 5.41) is 8.63. The minimum Gasteiger partial charge on any atom is -0.480 e. The first-order chi connectivity index (χ1) is 8.85. The minimum absolute atomic E-state index is 0.105. The smallest absolute Gasteiger partial charge is 0.322 e. The number of rotatable bonds is 6. The molecule has 1 aliphatic heterocycles. The molecule has 1 aliphatic rings. The van der Waals surface area contributed by atoms with Gasteiger partial charge in [-0.15, -0.1) is 0 Å². The van der Waals surface area contributed by atoms with E-state index in [1.165, 1.54) is 4.31 Å². The first-order valence-corrected chi connectivity index (χ1v) is 7.53. The van der Waals surface area contributed by atoms with Crippen molar-refractivity contribution in [1.29, 1.82) is 0 Å². The summed E-state index contributed by atoms with van der Waals surface area (Å²) in [4.78, 5) is 23.4. The highest BCUT2D eigenvalue weighted by Gasteiger charge is 2.29. The fourth-order valence-electron chi connectivity index (χ4n) is 1.80. The second-order valence-corrected chi connectivity index (χ2v) is 6.10. The number of hydrogen-bond donors (Lipinski definition) is 1. The molecule has 0 aliphatic carbocycles. The number of carboxylic acid groups (broad SMARTS) is 1. The third-order valence-corrected chi connectivity index (χ3v) is 4.44. The zero-order valence-corrected chi connectivity index (χ0v) is 11.6. The number of nitrogens with zero attached hydrogens (tertiary/aromatic N) is 2. The third-order valence-electron chi connectivity index (χ3n) is 2.69. The van der Waals surface area contributed by atoms with E-state index in [9.17, 15) is 18.0 Å². The number of sulfonamides is 1. The molecule has 0 saturated carbocycles. The summed E-state index contributed by atoms with van der Waals surface area (Å²) in [7, 11) is -3.67. The van der Waals surface area contributed by atoms with E-state index in [-0.39, 0.29) is 26.2 Å². The molecular formula is C10H18N2O6S. The van der Waals surface area contributed by atoms with Crippen molar-refractivity contribution in [3.05, 3.63) is 0 Å². The van der Waals surface area contributed by atoms with Crippen molar-refractivity contribution < 1.29 is 27.9 Å². The number of aliphatic carboxylic acids is 1. The highest BCUT2D eigenvalue weighted by atomic mass is 32.2. The molecule has 0 unspecified atom stereocenters. The standard InChI is InChI=1S/C10H18N2O6S/c1-2-18-10(15)8-19(16,17)12-5-3-11(4-6-12)7-9(13)14/h2-8H2,1H3,(H,13,14). The fourth-order valence-corrected chi connectivity index (χ4v) is 3.08. The monoisotopic (exact) mass is 294 g/mol. The first-order valence-electron chi connectivity index (χ1n) is 5.92. The Morgan fingerprint density at radius 2 is 1.79 bits per heavy atom. The van der Waals surface area contributed by atoms with Crippen LogP contribution < -0.4 is 0 Å². The zero-order valence-electron chi connectivity index (χ0n) is 10.7. The van der Waals surface area contributed by atoms with Gasteiger partial charge in [0, 0.05) is 26.2 Å². The van der Waals surface area contributed by atoms with Crippen molar-refractivity contribution in [3.63, 3.8) is 0 Å². The largest absolute Gasteiger partial charge is 0.480 e. The van der Waals surface area contributed by atoms with Gasteiger partial charge in [0.2, 0.25) is 10.0 Å².